The van der Waals surface area contributed by atoms with Gasteiger partial charge >= 0.3 is 5.97 Å². The van der Waals surface area contributed by atoms with Crippen molar-refractivity contribution < 1.29 is 38.2 Å². The molecule has 0 spiro atoms. The third kappa shape index (κ3) is 2.27. The molecule has 0 amide bonds. The first-order valence-corrected chi connectivity index (χ1v) is 6.03. The van der Waals surface area contributed by atoms with Crippen LogP contribution < -0.4 is 5.32 Å². The minimum absolute atomic E-state index is 0.924. The van der Waals surface area contributed by atoms with E-state index in [1.165, 1.54) is 0 Å². The van der Waals surface area contributed by atoms with E-state index in [0.717, 1.165) is 6.92 Å². The van der Waals surface area contributed by atoms with E-state index < -0.39 is 45.3 Å². The Balaban J connectivity index is 3.21. The highest BCUT2D eigenvalue weighted by atomic mass is 32.2. The molecule has 1 saturated heterocycles. The molecule has 0 radical (unpaired) electrons. The third-order valence-corrected chi connectivity index (χ3v) is 3.82. The van der Waals surface area contributed by atoms with Crippen molar-refractivity contribution in [1.29, 1.82) is 0 Å². The first-order chi connectivity index (χ1) is 7.51. The summed E-state index contributed by atoms with van der Waals surface area (Å²) < 4.78 is 30.6. The summed E-state index contributed by atoms with van der Waals surface area (Å²) in [4.78, 5) is 10.9. The number of hydrogen-bond acceptors (Lipinski definition) is 7. The molecule has 100 valence electrons. The Bertz CT molecular complexity index is 422. The summed E-state index contributed by atoms with van der Waals surface area (Å²) in [5.74, 6) is -1.63. The van der Waals surface area contributed by atoms with Gasteiger partial charge in [-0.3, -0.25) is 14.7 Å². The number of piperidine rings is 1. The zero-order valence-corrected chi connectivity index (χ0v) is 9.49. The third-order valence-electron chi connectivity index (χ3n) is 2.78. The molecule has 0 aromatic heterocycles. The predicted octanol–water partition coefficient (Wildman–Crippen LogP) is -3.27. The Labute approximate surface area is 96.4 Å². The topological polar surface area (TPSA) is 164 Å². The van der Waals surface area contributed by atoms with Crippen molar-refractivity contribution >= 4 is 16.1 Å². The maximum Gasteiger partial charge on any atom is 0.326 e. The Hall–Kier alpha value is -0.780. The average Bonchev–Trinajstić information content (AvgIpc) is 2.18. The van der Waals surface area contributed by atoms with Gasteiger partial charge in [-0.15, -0.1) is 0 Å². The quantitative estimate of drug-likeness (QED) is 0.282. The van der Waals surface area contributed by atoms with Crippen molar-refractivity contribution in [3.05, 3.63) is 0 Å². The van der Waals surface area contributed by atoms with Gasteiger partial charge in [-0.1, -0.05) is 0 Å². The molecule has 9 nitrogen and oxygen atoms in total. The SMILES string of the molecule is C[C@@]1(C(=O)O)NC(S(=O)(=O)O)[C@@H](O)[C@@H](O)[C@@H]1O. The molecule has 0 aromatic carbocycles. The number of aliphatic hydroxyl groups is 3. The Morgan fingerprint density at radius 1 is 1.24 bits per heavy atom. The van der Waals surface area contributed by atoms with E-state index in [0.29, 0.717) is 0 Å². The second-order valence-electron chi connectivity index (χ2n) is 4.01. The van der Waals surface area contributed by atoms with Crippen LogP contribution in [0.5, 0.6) is 0 Å². The van der Waals surface area contributed by atoms with Crippen molar-refractivity contribution in [1.82, 2.24) is 5.32 Å². The van der Waals surface area contributed by atoms with E-state index in [1.807, 2.05) is 5.32 Å². The van der Waals surface area contributed by atoms with Crippen molar-refractivity contribution in [2.75, 3.05) is 0 Å². The van der Waals surface area contributed by atoms with Gasteiger partial charge in [-0.2, -0.15) is 8.42 Å². The van der Waals surface area contributed by atoms with Crippen LogP contribution in [0, 0.1) is 0 Å². The zero-order chi connectivity index (χ0) is 13.6. The lowest BCUT2D eigenvalue weighted by atomic mass is 9.84. The van der Waals surface area contributed by atoms with Crippen LogP contribution in [0.15, 0.2) is 0 Å². The predicted molar refractivity (Wildman–Crippen MR) is 52.5 cm³/mol. The molecule has 1 rings (SSSR count). The second-order valence-corrected chi connectivity index (χ2v) is 5.55. The minimum Gasteiger partial charge on any atom is -0.480 e. The van der Waals surface area contributed by atoms with Crippen LogP contribution in [0.1, 0.15) is 6.92 Å². The second kappa shape index (κ2) is 4.15. The molecule has 0 aliphatic carbocycles. The Morgan fingerprint density at radius 2 is 1.71 bits per heavy atom. The summed E-state index contributed by atoms with van der Waals surface area (Å²) in [5, 5.41) is 36.9. The molecule has 10 heteroatoms. The molecule has 1 aliphatic heterocycles. The number of aliphatic carboxylic acids is 1. The molecule has 17 heavy (non-hydrogen) atoms. The van der Waals surface area contributed by atoms with Gasteiger partial charge in [-0.25, -0.2) is 0 Å². The minimum atomic E-state index is -4.83. The summed E-state index contributed by atoms with van der Waals surface area (Å²) in [5.41, 5.74) is -2.21. The van der Waals surface area contributed by atoms with Gasteiger partial charge in [0.1, 0.15) is 23.9 Å². The van der Waals surface area contributed by atoms with Gasteiger partial charge in [0, 0.05) is 0 Å². The Morgan fingerprint density at radius 3 is 2.06 bits per heavy atom. The fraction of sp³-hybridized carbons (Fsp3) is 0.857. The van der Waals surface area contributed by atoms with Gasteiger partial charge in [0.05, 0.1) is 0 Å². The van der Waals surface area contributed by atoms with Crippen molar-refractivity contribution in [3.63, 3.8) is 0 Å². The normalized spacial score (nSPS) is 43.4. The van der Waals surface area contributed by atoms with Crippen LogP contribution in [0.25, 0.3) is 0 Å². The van der Waals surface area contributed by atoms with Gasteiger partial charge in [0.15, 0.2) is 5.37 Å². The Kier molecular flexibility index (Phi) is 3.49. The molecular formula is C7H13NO8S. The van der Waals surface area contributed by atoms with Gasteiger partial charge in [-0.05, 0) is 6.92 Å². The zero-order valence-electron chi connectivity index (χ0n) is 8.68. The largest absolute Gasteiger partial charge is 0.480 e. The molecular weight excluding hydrogens is 258 g/mol. The van der Waals surface area contributed by atoms with Crippen molar-refractivity contribution in [2.24, 2.45) is 0 Å². The lowest BCUT2D eigenvalue weighted by molar-refractivity contribution is -0.168. The summed E-state index contributed by atoms with van der Waals surface area (Å²) in [6.07, 6.45) is -6.01. The van der Waals surface area contributed by atoms with Crippen LogP contribution in [0.4, 0.5) is 0 Å². The summed E-state index contributed by atoms with van der Waals surface area (Å²) in [7, 11) is -4.83. The van der Waals surface area contributed by atoms with Gasteiger partial charge in [0.2, 0.25) is 0 Å². The van der Waals surface area contributed by atoms with E-state index >= 15 is 0 Å². The molecule has 1 heterocycles. The van der Waals surface area contributed by atoms with E-state index in [4.69, 9.17) is 9.66 Å². The van der Waals surface area contributed by atoms with Gasteiger partial charge in [0.25, 0.3) is 10.1 Å². The molecule has 6 N–H and O–H groups in total. The molecule has 0 saturated carbocycles. The first-order valence-electron chi connectivity index (χ1n) is 4.53. The van der Waals surface area contributed by atoms with Gasteiger partial charge < -0.3 is 20.4 Å². The molecule has 0 bridgehead atoms. The molecule has 5 atom stereocenters. The number of nitrogens with one attached hydrogen (secondary N) is 1. The smallest absolute Gasteiger partial charge is 0.326 e. The fourth-order valence-corrected chi connectivity index (χ4v) is 2.52. The number of rotatable bonds is 2. The summed E-state index contributed by atoms with van der Waals surface area (Å²) in [6, 6.07) is 0. The highest BCUT2D eigenvalue weighted by Gasteiger charge is 2.56. The van der Waals surface area contributed by atoms with Crippen LogP contribution in [-0.2, 0) is 14.9 Å². The maximum atomic E-state index is 10.9. The molecule has 1 aliphatic rings. The molecule has 1 unspecified atom stereocenters. The maximum absolute atomic E-state index is 10.9. The fourth-order valence-electron chi connectivity index (χ4n) is 1.61. The highest BCUT2D eigenvalue weighted by molar-refractivity contribution is 7.86. The number of carboxylic acid groups (broad SMARTS) is 1. The van der Waals surface area contributed by atoms with Crippen molar-refractivity contribution in [2.45, 2.75) is 36.1 Å². The monoisotopic (exact) mass is 271 g/mol. The number of hydrogen-bond donors (Lipinski definition) is 6. The van der Waals surface area contributed by atoms with E-state index in [2.05, 4.69) is 0 Å². The first kappa shape index (κ1) is 14.3. The van der Waals surface area contributed by atoms with Crippen LogP contribution in [0.2, 0.25) is 0 Å². The van der Waals surface area contributed by atoms with Crippen LogP contribution in [0.3, 0.4) is 0 Å². The van der Waals surface area contributed by atoms with E-state index in [-0.39, 0.29) is 0 Å². The number of aliphatic hydroxyl groups excluding tert-OH is 3. The lowest BCUT2D eigenvalue weighted by Crippen LogP contribution is -2.75. The molecule has 1 fully saturated rings. The lowest BCUT2D eigenvalue weighted by Gasteiger charge is -2.44. The summed E-state index contributed by atoms with van der Waals surface area (Å²) >= 11 is 0. The number of carbonyl (C=O) groups is 1. The number of carboxylic acids is 1. The van der Waals surface area contributed by atoms with Crippen LogP contribution >= 0.6 is 0 Å². The molecule has 0 aromatic rings. The van der Waals surface area contributed by atoms with Crippen molar-refractivity contribution in [3.8, 4) is 0 Å². The summed E-state index contributed by atoms with van der Waals surface area (Å²) in [6.45, 7) is 0.924. The van der Waals surface area contributed by atoms with Crippen LogP contribution in [-0.4, -0.2) is 68.6 Å². The van der Waals surface area contributed by atoms with E-state index in [1.54, 1.807) is 0 Å². The van der Waals surface area contributed by atoms with E-state index in [9.17, 15) is 28.5 Å². The average molecular weight is 271 g/mol. The highest BCUT2D eigenvalue weighted by Crippen LogP contribution is 2.26. The standard InChI is InChI=1S/C7H13NO8S/c1-7(6(12)13)4(11)2(9)3(10)5(8-7)17(14,15)16/h2-5,8-11H,1H3,(H,12,13)(H,14,15,16)/t2-,3+,4+,5?,7-/m1/s1.